The van der Waals surface area contributed by atoms with Gasteiger partial charge < -0.3 is 0 Å². The molecular formula is C11H20N2O2S. The molecule has 0 spiro atoms. The van der Waals surface area contributed by atoms with Gasteiger partial charge in [0.1, 0.15) is 0 Å². The highest BCUT2D eigenvalue weighted by atomic mass is 32.2. The molecule has 0 aliphatic carbocycles. The third-order valence-corrected chi connectivity index (χ3v) is 4.69. The fourth-order valence-electron chi connectivity index (χ4n) is 1.40. The van der Waals surface area contributed by atoms with Crippen LogP contribution in [0.3, 0.4) is 0 Å². The second-order valence-corrected chi connectivity index (χ2v) is 6.60. The number of sulfonamides is 1. The summed E-state index contributed by atoms with van der Waals surface area (Å²) in [5.41, 5.74) is -0.544. The van der Waals surface area contributed by atoms with Gasteiger partial charge in [-0.15, -0.1) is 6.58 Å². The van der Waals surface area contributed by atoms with E-state index in [1.807, 2.05) is 6.07 Å². The van der Waals surface area contributed by atoms with Crippen molar-refractivity contribution in [2.75, 3.05) is 6.54 Å². The second kappa shape index (κ2) is 5.46. The number of nitrogens with zero attached hydrogens (tertiary/aromatic N) is 2. The monoisotopic (exact) mass is 244 g/mol. The van der Waals surface area contributed by atoms with Gasteiger partial charge in [-0.05, 0) is 27.2 Å². The molecule has 1 unspecified atom stereocenters. The molecule has 4 nitrogen and oxygen atoms in total. The molecule has 0 heterocycles. The highest BCUT2D eigenvalue weighted by Crippen LogP contribution is 2.22. The van der Waals surface area contributed by atoms with Crippen LogP contribution in [0.4, 0.5) is 0 Å². The van der Waals surface area contributed by atoms with Crippen LogP contribution in [-0.2, 0) is 10.0 Å². The lowest BCUT2D eigenvalue weighted by atomic mass is 10.1. The predicted octanol–water partition coefficient (Wildman–Crippen LogP) is 1.90. The smallest absolute Gasteiger partial charge is 0.211 e. The van der Waals surface area contributed by atoms with Crippen molar-refractivity contribution in [1.82, 2.24) is 4.31 Å². The summed E-state index contributed by atoms with van der Waals surface area (Å²) in [5.74, 6) is 0. The Bertz CT molecular complexity index is 374. The fraction of sp³-hybridized carbons (Fsp3) is 0.727. The van der Waals surface area contributed by atoms with E-state index in [1.165, 1.54) is 10.4 Å². The first-order chi connectivity index (χ1) is 7.21. The van der Waals surface area contributed by atoms with E-state index in [0.717, 1.165) is 0 Å². The molecule has 0 aromatic rings. The minimum atomic E-state index is -3.58. The molecule has 0 saturated carbocycles. The summed E-state index contributed by atoms with van der Waals surface area (Å²) in [6, 6.07) is 1.84. The Morgan fingerprint density at radius 2 is 2.00 bits per heavy atom. The van der Waals surface area contributed by atoms with Gasteiger partial charge in [0.15, 0.2) is 5.25 Å². The average Bonchev–Trinajstić information content (AvgIpc) is 2.13. The Hall–Kier alpha value is -0.860. The summed E-state index contributed by atoms with van der Waals surface area (Å²) in [6.45, 7) is 10.9. The molecule has 0 radical (unpaired) electrons. The maximum Gasteiger partial charge on any atom is 0.231 e. The summed E-state index contributed by atoms with van der Waals surface area (Å²) in [5, 5.41) is 7.88. The molecule has 0 fully saturated rings. The first kappa shape index (κ1) is 15.1. The summed E-state index contributed by atoms with van der Waals surface area (Å²) < 4.78 is 25.7. The van der Waals surface area contributed by atoms with E-state index < -0.39 is 20.8 Å². The van der Waals surface area contributed by atoms with E-state index in [0.29, 0.717) is 6.42 Å². The van der Waals surface area contributed by atoms with Gasteiger partial charge in [-0.3, -0.25) is 0 Å². The molecule has 0 rings (SSSR count). The van der Waals surface area contributed by atoms with Crippen molar-refractivity contribution < 1.29 is 8.42 Å². The van der Waals surface area contributed by atoms with Gasteiger partial charge >= 0.3 is 0 Å². The van der Waals surface area contributed by atoms with Gasteiger partial charge in [0.05, 0.1) is 6.07 Å². The summed E-state index contributed by atoms with van der Waals surface area (Å²) in [6.07, 6.45) is 1.83. The van der Waals surface area contributed by atoms with Crippen LogP contribution in [0.1, 0.15) is 34.1 Å². The Morgan fingerprint density at radius 1 is 1.50 bits per heavy atom. The lowest BCUT2D eigenvalue weighted by molar-refractivity contribution is 0.268. The van der Waals surface area contributed by atoms with Crippen molar-refractivity contribution in [2.24, 2.45) is 0 Å². The maximum absolute atomic E-state index is 12.2. The van der Waals surface area contributed by atoms with Gasteiger partial charge in [0.25, 0.3) is 0 Å². The van der Waals surface area contributed by atoms with Gasteiger partial charge in [-0.25, -0.2) is 8.42 Å². The zero-order valence-electron chi connectivity index (χ0n) is 10.4. The van der Waals surface area contributed by atoms with Gasteiger partial charge in [-0.2, -0.15) is 9.57 Å². The van der Waals surface area contributed by atoms with Gasteiger partial charge in [-0.1, -0.05) is 13.0 Å². The molecule has 0 aromatic heterocycles. The third kappa shape index (κ3) is 3.32. The Morgan fingerprint density at radius 3 is 2.25 bits per heavy atom. The van der Waals surface area contributed by atoms with Crippen LogP contribution in [0.25, 0.3) is 0 Å². The number of nitriles is 1. The summed E-state index contributed by atoms with van der Waals surface area (Å²) >= 11 is 0. The number of hydrogen-bond donors (Lipinski definition) is 0. The SMILES string of the molecule is C=CCN(C(C)(C)C)S(=O)(=O)C(C#N)CC. The number of rotatable bonds is 5. The topological polar surface area (TPSA) is 61.2 Å². The molecule has 92 valence electrons. The first-order valence-corrected chi connectivity index (χ1v) is 6.74. The summed E-state index contributed by atoms with van der Waals surface area (Å²) in [7, 11) is -3.58. The largest absolute Gasteiger partial charge is 0.231 e. The molecule has 0 saturated heterocycles. The molecular weight excluding hydrogens is 224 g/mol. The lowest BCUT2D eigenvalue weighted by Crippen LogP contribution is -2.49. The molecule has 5 heteroatoms. The standard InChI is InChI=1S/C11H20N2O2S/c1-6-8-13(11(3,4)5)16(14,15)10(7-2)9-12/h6,10H,1,7-8H2,2-5H3. The van der Waals surface area contributed by atoms with Crippen molar-refractivity contribution in [3.63, 3.8) is 0 Å². The van der Waals surface area contributed by atoms with E-state index in [2.05, 4.69) is 6.58 Å². The Balaban J connectivity index is 5.38. The third-order valence-electron chi connectivity index (χ3n) is 2.22. The van der Waals surface area contributed by atoms with E-state index in [9.17, 15) is 8.42 Å². The van der Waals surface area contributed by atoms with Crippen LogP contribution >= 0.6 is 0 Å². The van der Waals surface area contributed by atoms with Crippen LogP contribution in [0.15, 0.2) is 12.7 Å². The summed E-state index contributed by atoms with van der Waals surface area (Å²) in [4.78, 5) is 0. The van der Waals surface area contributed by atoms with Crippen molar-refractivity contribution in [3.05, 3.63) is 12.7 Å². The van der Waals surface area contributed by atoms with Crippen molar-refractivity contribution in [3.8, 4) is 6.07 Å². The van der Waals surface area contributed by atoms with Crippen LogP contribution in [0.2, 0.25) is 0 Å². The van der Waals surface area contributed by atoms with Gasteiger partial charge in [0.2, 0.25) is 10.0 Å². The molecule has 0 bridgehead atoms. The average molecular weight is 244 g/mol. The fourth-order valence-corrected chi connectivity index (χ4v) is 3.34. The Kier molecular flexibility index (Phi) is 5.17. The van der Waals surface area contributed by atoms with Crippen molar-refractivity contribution in [1.29, 1.82) is 5.26 Å². The molecule has 0 aliphatic heterocycles. The highest BCUT2D eigenvalue weighted by Gasteiger charge is 2.36. The molecule has 0 amide bonds. The van der Waals surface area contributed by atoms with E-state index in [4.69, 9.17) is 5.26 Å². The molecule has 0 aliphatic rings. The normalized spacial score (nSPS) is 14.5. The van der Waals surface area contributed by atoms with Crippen LogP contribution in [-0.4, -0.2) is 30.1 Å². The van der Waals surface area contributed by atoms with E-state index in [1.54, 1.807) is 27.7 Å². The van der Waals surface area contributed by atoms with Crippen LogP contribution < -0.4 is 0 Å². The predicted molar refractivity (Wildman–Crippen MR) is 65.3 cm³/mol. The minimum Gasteiger partial charge on any atom is -0.211 e. The van der Waals surface area contributed by atoms with E-state index >= 15 is 0 Å². The zero-order chi connectivity index (χ0) is 13.0. The quantitative estimate of drug-likeness (QED) is 0.694. The first-order valence-electron chi connectivity index (χ1n) is 5.24. The molecule has 16 heavy (non-hydrogen) atoms. The van der Waals surface area contributed by atoms with Crippen LogP contribution in [0.5, 0.6) is 0 Å². The highest BCUT2D eigenvalue weighted by molar-refractivity contribution is 7.90. The molecule has 1 atom stereocenters. The number of hydrogen-bond acceptors (Lipinski definition) is 3. The van der Waals surface area contributed by atoms with Crippen LogP contribution in [0, 0.1) is 11.3 Å². The Labute approximate surface area is 98.6 Å². The molecule has 0 aromatic carbocycles. The van der Waals surface area contributed by atoms with Crippen molar-refractivity contribution in [2.45, 2.75) is 44.9 Å². The molecule has 0 N–H and O–H groups in total. The second-order valence-electron chi connectivity index (χ2n) is 4.56. The van der Waals surface area contributed by atoms with Gasteiger partial charge in [0, 0.05) is 12.1 Å². The van der Waals surface area contributed by atoms with E-state index in [-0.39, 0.29) is 6.54 Å². The minimum absolute atomic E-state index is 0.226. The lowest BCUT2D eigenvalue weighted by Gasteiger charge is -2.34. The zero-order valence-corrected chi connectivity index (χ0v) is 11.2. The maximum atomic E-state index is 12.2. The van der Waals surface area contributed by atoms with Crippen molar-refractivity contribution >= 4 is 10.0 Å².